The van der Waals surface area contributed by atoms with E-state index in [-0.39, 0.29) is 13.1 Å². The van der Waals surface area contributed by atoms with Gasteiger partial charge in [-0.05, 0) is 176 Å². The summed E-state index contributed by atoms with van der Waals surface area (Å²) in [5.41, 5.74) is 17.4. The van der Waals surface area contributed by atoms with Gasteiger partial charge in [0, 0.05) is 77.6 Å². The summed E-state index contributed by atoms with van der Waals surface area (Å²) in [6.45, 7) is 11.2. The van der Waals surface area contributed by atoms with Crippen LogP contribution in [0.2, 0.25) is 5.28 Å². The maximum atomic E-state index is 13.9. The summed E-state index contributed by atoms with van der Waals surface area (Å²) in [5, 5.41) is 27.1. The number of anilines is 3. The number of nitro benzene ring substituents is 2. The largest absolute Gasteiger partial charge is 0.398 e. The van der Waals surface area contributed by atoms with Crippen molar-refractivity contribution in [2.24, 2.45) is 0 Å². The zero-order valence-corrected chi connectivity index (χ0v) is 44.0. The van der Waals surface area contributed by atoms with E-state index in [1.807, 2.05) is 6.20 Å². The number of nitrogens with one attached hydrogen (secondary N) is 1. The number of nitrogens with zero attached hydrogens (tertiary/aromatic N) is 8. The Bertz CT molecular complexity index is 4040. The first-order chi connectivity index (χ1) is 37.7. The Labute approximate surface area is 462 Å². The van der Waals surface area contributed by atoms with Gasteiger partial charge in [0.2, 0.25) is 22.9 Å². The predicted octanol–water partition coefficient (Wildman–Crippen LogP) is 12.9. The Morgan fingerprint density at radius 1 is 0.709 bits per heavy atom. The molecular formula is C62H53ClF2N10O4. The van der Waals surface area contributed by atoms with Crippen LogP contribution in [0.3, 0.4) is 0 Å². The topological polar surface area (TPSA) is 186 Å². The molecule has 0 radical (unpaired) electrons. The van der Waals surface area contributed by atoms with Gasteiger partial charge in [0.25, 0.3) is 0 Å². The summed E-state index contributed by atoms with van der Waals surface area (Å²) in [5.74, 6) is 25.5. The van der Waals surface area contributed by atoms with Gasteiger partial charge in [-0.25, -0.2) is 19.9 Å². The summed E-state index contributed by atoms with van der Waals surface area (Å²) in [6.07, 6.45) is 19.1. The molecule has 2 aliphatic rings. The average molecular weight is 1080 g/mol. The van der Waals surface area contributed by atoms with Gasteiger partial charge in [0.05, 0.1) is 38.0 Å². The van der Waals surface area contributed by atoms with E-state index in [1.54, 1.807) is 27.0 Å². The second-order valence-corrected chi connectivity index (χ2v) is 17.9. The van der Waals surface area contributed by atoms with E-state index in [9.17, 15) is 29.0 Å². The number of aryl methyl sites for hydroxylation is 8. The molecule has 0 aliphatic carbocycles. The number of rotatable bonds is 8. The molecule has 4 aromatic heterocycles. The van der Waals surface area contributed by atoms with Gasteiger partial charge in [-0.3, -0.25) is 20.2 Å². The lowest BCUT2D eigenvalue weighted by Gasteiger charge is -2.14. The smallest absolute Gasteiger partial charge is 0.306 e. The fourth-order valence-electron chi connectivity index (χ4n) is 8.92. The van der Waals surface area contributed by atoms with Crippen molar-refractivity contribution in [3.63, 3.8) is 0 Å². The molecule has 0 saturated heterocycles. The van der Waals surface area contributed by atoms with Gasteiger partial charge < -0.3 is 20.2 Å². The number of para-hydroxylation sites is 2. The third-order valence-corrected chi connectivity index (χ3v) is 12.8. The van der Waals surface area contributed by atoms with Gasteiger partial charge >= 0.3 is 11.4 Å². The fraction of sp³-hybridized carbons (Fsp3) is 0.226. The zero-order valence-electron chi connectivity index (χ0n) is 43.2. The molecular weight excluding hydrogens is 1020 g/mol. The van der Waals surface area contributed by atoms with Gasteiger partial charge in [-0.15, -0.1) is 6.42 Å². The molecule has 0 spiro atoms. The maximum Gasteiger partial charge on any atom is 0.306 e. The SMILES string of the molecule is C.C#CC#CC#CC#CC#CC#CC.CCc1cnc(Cl)nc1-c1cn2c3c(cccc13)CCC2.CCc1cnc(Nc2cc([N+](=O)[O-])c(F)cc2C)nc1-c1cn2c3c(cccc13)CCC2.Cc1cc(F)c([N+](=O)[O-])cc1N. The molecule has 0 bridgehead atoms. The minimum absolute atomic E-state index is 0. The zero-order chi connectivity index (χ0) is 55.9. The van der Waals surface area contributed by atoms with E-state index in [0.717, 1.165) is 96.9 Å². The Morgan fingerprint density at radius 2 is 1.19 bits per heavy atom. The molecule has 10 rings (SSSR count). The second kappa shape index (κ2) is 27.2. The predicted molar refractivity (Wildman–Crippen MR) is 310 cm³/mol. The monoisotopic (exact) mass is 1070 g/mol. The number of nitrogen functional groups attached to an aromatic ring is 1. The number of nitrogens with two attached hydrogens (primary N) is 1. The number of nitro groups is 2. The van der Waals surface area contributed by atoms with Gasteiger partial charge in [0.15, 0.2) is 0 Å². The lowest BCUT2D eigenvalue weighted by atomic mass is 10.0. The molecule has 8 aromatic rings. The molecule has 0 amide bonds. The van der Waals surface area contributed by atoms with Crippen LogP contribution in [0.15, 0.2) is 85.5 Å². The lowest BCUT2D eigenvalue weighted by Crippen LogP contribution is -2.05. The standard InChI is InChI=1S/C24H22FN5O2.C17H16ClN3.C13H4.C7H7FN2O2.CH4/c1-3-15-12-26-24(27-20-11-21(30(31)32)19(25)10-14(20)2)28-22(15)18-13-29-9-5-7-16-6-4-8-17(18)23(16)29;1-2-11-9-19-17(18)20-15(11)14-10-21-8-4-6-12-5-3-7-13(14)16(12)21;1-3-5-7-9-11-13-12-10-8-6-4-2;1-4-2-5(8)7(10(11)12)3-6(4)9;/h4,6,8,10-13H,3,5,7,9H2,1-2H3,(H,26,27,28);3,5,7,9-10H,2,4,6,8H2,1H3;1H,2H3;2-3H,9H2,1H3;1H4. The van der Waals surface area contributed by atoms with Crippen LogP contribution < -0.4 is 11.1 Å². The first-order valence-corrected chi connectivity index (χ1v) is 24.9. The molecule has 0 fully saturated rings. The number of hydrogen-bond donors (Lipinski definition) is 2. The molecule has 6 heterocycles. The molecule has 0 atom stereocenters. The summed E-state index contributed by atoms with van der Waals surface area (Å²) in [6, 6.07) is 17.3. The number of aromatic nitrogens is 6. The van der Waals surface area contributed by atoms with Crippen LogP contribution in [-0.2, 0) is 38.8 Å². The highest BCUT2D eigenvalue weighted by Gasteiger charge is 2.23. The van der Waals surface area contributed by atoms with Crippen molar-refractivity contribution in [1.29, 1.82) is 0 Å². The van der Waals surface area contributed by atoms with Crippen molar-refractivity contribution >= 4 is 62.1 Å². The Hall–Kier alpha value is -9.97. The van der Waals surface area contributed by atoms with E-state index in [4.69, 9.17) is 28.7 Å². The van der Waals surface area contributed by atoms with Crippen molar-refractivity contribution in [1.82, 2.24) is 29.1 Å². The third-order valence-electron chi connectivity index (χ3n) is 12.6. The normalized spacial score (nSPS) is 11.0. The highest BCUT2D eigenvalue weighted by molar-refractivity contribution is 6.28. The minimum Gasteiger partial charge on any atom is -0.398 e. The Morgan fingerprint density at radius 3 is 1.70 bits per heavy atom. The highest BCUT2D eigenvalue weighted by atomic mass is 35.5. The van der Waals surface area contributed by atoms with Crippen LogP contribution in [0.5, 0.6) is 0 Å². The van der Waals surface area contributed by atoms with E-state index < -0.39 is 32.9 Å². The number of terminal acetylenes is 1. The van der Waals surface area contributed by atoms with Crippen LogP contribution in [0.4, 0.5) is 37.5 Å². The van der Waals surface area contributed by atoms with Crippen molar-refractivity contribution < 1.29 is 18.6 Å². The van der Waals surface area contributed by atoms with Crippen LogP contribution >= 0.6 is 11.6 Å². The van der Waals surface area contributed by atoms with E-state index in [1.165, 1.54) is 45.6 Å². The first kappa shape index (κ1) is 58.3. The quantitative estimate of drug-likeness (QED) is 0.0488. The summed E-state index contributed by atoms with van der Waals surface area (Å²) in [4.78, 5) is 37.6. The van der Waals surface area contributed by atoms with Gasteiger partial charge in [-0.2, -0.15) is 8.78 Å². The van der Waals surface area contributed by atoms with E-state index in [0.29, 0.717) is 28.0 Å². The molecule has 79 heavy (non-hydrogen) atoms. The van der Waals surface area contributed by atoms with Gasteiger partial charge in [0.1, 0.15) is 0 Å². The average Bonchev–Trinajstić information content (AvgIpc) is 4.14. The van der Waals surface area contributed by atoms with Crippen molar-refractivity contribution in [2.75, 3.05) is 11.1 Å². The molecule has 3 N–H and O–H groups in total. The lowest BCUT2D eigenvalue weighted by molar-refractivity contribution is -0.387. The molecule has 14 nitrogen and oxygen atoms in total. The van der Waals surface area contributed by atoms with E-state index in [2.05, 4.69) is 157 Å². The maximum absolute atomic E-state index is 13.9. The van der Waals surface area contributed by atoms with Crippen molar-refractivity contribution in [3.8, 4) is 94.1 Å². The van der Waals surface area contributed by atoms with E-state index >= 15 is 0 Å². The molecule has 4 aromatic carbocycles. The van der Waals surface area contributed by atoms with Crippen LogP contribution in [0, 0.1) is 117 Å². The summed E-state index contributed by atoms with van der Waals surface area (Å²) >= 11 is 6.03. The van der Waals surface area contributed by atoms with Crippen LogP contribution in [-0.4, -0.2) is 38.9 Å². The second-order valence-electron chi connectivity index (χ2n) is 17.5. The number of hydrogen-bond acceptors (Lipinski definition) is 10. The number of benzene rings is 4. The number of halogens is 3. The minimum atomic E-state index is -0.866. The molecule has 2 aliphatic heterocycles. The molecule has 0 saturated carbocycles. The van der Waals surface area contributed by atoms with Crippen LogP contribution in [0.25, 0.3) is 44.3 Å². The Balaban J connectivity index is 0.000000185. The summed E-state index contributed by atoms with van der Waals surface area (Å²) < 4.78 is 31.4. The summed E-state index contributed by atoms with van der Waals surface area (Å²) in [7, 11) is 0. The van der Waals surface area contributed by atoms with Crippen molar-refractivity contribution in [3.05, 3.63) is 156 Å². The highest BCUT2D eigenvalue weighted by Crippen LogP contribution is 2.38. The van der Waals surface area contributed by atoms with Crippen molar-refractivity contribution in [2.45, 2.75) is 93.7 Å². The third kappa shape index (κ3) is 13.9. The van der Waals surface area contributed by atoms with Crippen LogP contribution in [0.1, 0.15) is 74.4 Å². The molecule has 396 valence electrons. The first-order valence-electron chi connectivity index (χ1n) is 24.6. The van der Waals surface area contributed by atoms with Gasteiger partial charge in [-0.1, -0.05) is 63.6 Å². The molecule has 0 unspecified atom stereocenters. The fourth-order valence-corrected chi connectivity index (χ4v) is 9.05. The molecule has 17 heteroatoms. The Kier molecular flexibility index (Phi) is 20.1.